The lowest BCUT2D eigenvalue weighted by molar-refractivity contribution is -0.125. The van der Waals surface area contributed by atoms with E-state index in [0.717, 1.165) is 47.9 Å². The maximum atomic E-state index is 12.8. The number of aromatic nitrogens is 1. The number of fused-ring (bicyclic) bond motifs is 1. The number of rotatable bonds is 5. The largest absolute Gasteiger partial charge is 0.497 e. The zero-order chi connectivity index (χ0) is 20.4. The molecule has 5 nitrogen and oxygen atoms in total. The van der Waals surface area contributed by atoms with Gasteiger partial charge in [-0.05, 0) is 61.6 Å². The molecule has 0 saturated carbocycles. The van der Waals surface area contributed by atoms with Gasteiger partial charge in [-0.1, -0.05) is 29.5 Å². The highest BCUT2D eigenvalue weighted by Gasteiger charge is 2.27. The van der Waals surface area contributed by atoms with Crippen LogP contribution in [0.3, 0.4) is 0 Å². The molecule has 1 amide bonds. The summed E-state index contributed by atoms with van der Waals surface area (Å²) in [5, 5.41) is 4.12. The van der Waals surface area contributed by atoms with Gasteiger partial charge in [-0.2, -0.15) is 0 Å². The average Bonchev–Trinajstić information content (AvgIpc) is 3.17. The zero-order valence-electron chi connectivity index (χ0n) is 17.2. The molecule has 0 radical (unpaired) electrons. The van der Waals surface area contributed by atoms with Gasteiger partial charge in [0.15, 0.2) is 5.13 Å². The lowest BCUT2D eigenvalue weighted by atomic mass is 9.97. The van der Waals surface area contributed by atoms with Crippen molar-refractivity contribution in [3.63, 3.8) is 0 Å². The summed E-state index contributed by atoms with van der Waals surface area (Å²) in [5.41, 5.74) is 4.60. The number of piperidine rings is 1. The molecule has 1 aliphatic rings. The van der Waals surface area contributed by atoms with Gasteiger partial charge in [-0.25, -0.2) is 4.98 Å². The molecule has 152 valence electrons. The fourth-order valence-electron chi connectivity index (χ4n) is 3.97. The van der Waals surface area contributed by atoms with Gasteiger partial charge in [0.1, 0.15) is 5.75 Å². The second-order valence-corrected chi connectivity index (χ2v) is 8.79. The topological polar surface area (TPSA) is 54.5 Å². The number of aryl methyl sites for hydroxylation is 2. The molecule has 2 heterocycles. The van der Waals surface area contributed by atoms with Crippen LogP contribution in [0.1, 0.15) is 29.5 Å². The molecule has 2 aromatic carbocycles. The summed E-state index contributed by atoms with van der Waals surface area (Å²) in [4.78, 5) is 19.9. The molecule has 1 fully saturated rings. The molecule has 29 heavy (non-hydrogen) atoms. The molecule has 3 aromatic rings. The minimum absolute atomic E-state index is 0.01000. The number of anilines is 1. The van der Waals surface area contributed by atoms with Crippen LogP contribution in [0.15, 0.2) is 36.4 Å². The highest BCUT2D eigenvalue weighted by atomic mass is 32.1. The molecule has 1 atom stereocenters. The van der Waals surface area contributed by atoms with Crippen LogP contribution in [0, 0.1) is 19.8 Å². The quantitative estimate of drug-likeness (QED) is 0.676. The van der Waals surface area contributed by atoms with Crippen LogP contribution in [-0.4, -0.2) is 31.1 Å². The lowest BCUT2D eigenvalue weighted by Crippen LogP contribution is -2.42. The molecule has 1 aliphatic heterocycles. The number of nitrogens with zero attached hydrogens (tertiary/aromatic N) is 2. The number of thiazole rings is 1. The maximum absolute atomic E-state index is 12.8. The van der Waals surface area contributed by atoms with Crippen LogP contribution >= 0.6 is 11.3 Å². The molecule has 0 bridgehead atoms. The first-order chi connectivity index (χ1) is 14.0. The van der Waals surface area contributed by atoms with Gasteiger partial charge in [0.2, 0.25) is 5.91 Å². The Labute approximate surface area is 175 Å². The van der Waals surface area contributed by atoms with Gasteiger partial charge in [-0.15, -0.1) is 0 Å². The molecule has 1 saturated heterocycles. The van der Waals surface area contributed by atoms with E-state index in [4.69, 9.17) is 9.72 Å². The van der Waals surface area contributed by atoms with Gasteiger partial charge >= 0.3 is 0 Å². The molecular weight excluding hydrogens is 382 g/mol. The summed E-state index contributed by atoms with van der Waals surface area (Å²) in [7, 11) is 1.65. The number of carbonyl (C=O) groups is 1. The molecular formula is C23H27N3O2S. The van der Waals surface area contributed by atoms with Gasteiger partial charge in [0.05, 0.1) is 23.2 Å². The Bertz CT molecular complexity index is 1030. The molecule has 0 unspecified atom stereocenters. The predicted molar refractivity (Wildman–Crippen MR) is 119 cm³/mol. The Morgan fingerprint density at radius 2 is 2.17 bits per heavy atom. The predicted octanol–water partition coefficient (Wildman–Crippen LogP) is 4.45. The number of hydrogen-bond donors (Lipinski definition) is 1. The van der Waals surface area contributed by atoms with E-state index in [2.05, 4.69) is 36.2 Å². The summed E-state index contributed by atoms with van der Waals surface area (Å²) in [6.07, 6.45) is 1.93. The molecule has 6 heteroatoms. The molecule has 1 N–H and O–H groups in total. The van der Waals surface area contributed by atoms with E-state index in [9.17, 15) is 4.79 Å². The number of methoxy groups -OCH3 is 1. The number of carbonyl (C=O) groups excluding carboxylic acids is 1. The molecule has 1 aromatic heterocycles. The first kappa shape index (κ1) is 19.7. The Kier molecular flexibility index (Phi) is 5.72. The Morgan fingerprint density at radius 3 is 3.00 bits per heavy atom. The maximum Gasteiger partial charge on any atom is 0.225 e. The van der Waals surface area contributed by atoms with Crippen molar-refractivity contribution in [2.24, 2.45) is 5.92 Å². The third-order valence-electron chi connectivity index (χ3n) is 5.48. The van der Waals surface area contributed by atoms with Crippen molar-refractivity contribution in [3.05, 3.63) is 53.1 Å². The highest BCUT2D eigenvalue weighted by Crippen LogP contribution is 2.33. The molecule has 4 rings (SSSR count). The van der Waals surface area contributed by atoms with E-state index in [1.807, 2.05) is 24.3 Å². The first-order valence-electron chi connectivity index (χ1n) is 10.1. The van der Waals surface area contributed by atoms with Crippen LogP contribution in [0.25, 0.3) is 10.2 Å². The van der Waals surface area contributed by atoms with E-state index in [0.29, 0.717) is 6.54 Å². The Morgan fingerprint density at radius 1 is 1.31 bits per heavy atom. The van der Waals surface area contributed by atoms with Gasteiger partial charge in [-0.3, -0.25) is 4.79 Å². The van der Waals surface area contributed by atoms with Crippen LogP contribution in [-0.2, 0) is 11.3 Å². The van der Waals surface area contributed by atoms with Crippen LogP contribution in [0.5, 0.6) is 5.75 Å². The zero-order valence-corrected chi connectivity index (χ0v) is 18.0. The minimum atomic E-state index is -0.01000. The number of hydrogen-bond acceptors (Lipinski definition) is 5. The number of amides is 1. The van der Waals surface area contributed by atoms with Crippen LogP contribution in [0.2, 0.25) is 0 Å². The van der Waals surface area contributed by atoms with Crippen molar-refractivity contribution in [2.75, 3.05) is 25.1 Å². The van der Waals surface area contributed by atoms with Crippen molar-refractivity contribution in [1.29, 1.82) is 0 Å². The number of nitrogens with one attached hydrogen (secondary N) is 1. The van der Waals surface area contributed by atoms with E-state index in [-0.39, 0.29) is 11.8 Å². The summed E-state index contributed by atoms with van der Waals surface area (Å²) >= 11 is 1.73. The fraction of sp³-hybridized carbons (Fsp3) is 0.391. The van der Waals surface area contributed by atoms with Crippen molar-refractivity contribution >= 4 is 32.6 Å². The van der Waals surface area contributed by atoms with Crippen LogP contribution < -0.4 is 15.0 Å². The second-order valence-electron chi connectivity index (χ2n) is 7.78. The van der Waals surface area contributed by atoms with Crippen molar-refractivity contribution in [1.82, 2.24) is 10.3 Å². The summed E-state index contributed by atoms with van der Waals surface area (Å²) < 4.78 is 6.48. The van der Waals surface area contributed by atoms with E-state index < -0.39 is 0 Å². The number of benzene rings is 2. The normalized spacial score (nSPS) is 16.8. The number of ether oxygens (including phenoxy) is 1. The smallest absolute Gasteiger partial charge is 0.225 e. The van der Waals surface area contributed by atoms with Gasteiger partial charge in [0.25, 0.3) is 0 Å². The van der Waals surface area contributed by atoms with Crippen molar-refractivity contribution in [2.45, 2.75) is 33.2 Å². The Balaban J connectivity index is 1.42. The van der Waals surface area contributed by atoms with Crippen molar-refractivity contribution < 1.29 is 9.53 Å². The second kappa shape index (κ2) is 8.41. The van der Waals surface area contributed by atoms with Gasteiger partial charge < -0.3 is 15.0 Å². The van der Waals surface area contributed by atoms with Crippen LogP contribution in [0.4, 0.5) is 5.13 Å². The third kappa shape index (κ3) is 4.37. The SMILES string of the molecule is COc1cccc(CNC(=O)[C@@H]2CCCN(c3nc4c(C)cc(C)cc4s3)C2)c1. The van der Waals surface area contributed by atoms with E-state index in [1.165, 1.54) is 15.8 Å². The van der Waals surface area contributed by atoms with E-state index in [1.54, 1.807) is 18.4 Å². The highest BCUT2D eigenvalue weighted by molar-refractivity contribution is 7.22. The summed E-state index contributed by atoms with van der Waals surface area (Å²) in [5.74, 6) is 0.914. The first-order valence-corrected chi connectivity index (χ1v) is 10.9. The third-order valence-corrected chi connectivity index (χ3v) is 6.55. The minimum Gasteiger partial charge on any atom is -0.497 e. The summed E-state index contributed by atoms with van der Waals surface area (Å²) in [6.45, 7) is 6.44. The fourth-order valence-corrected chi connectivity index (χ4v) is 5.15. The summed E-state index contributed by atoms with van der Waals surface area (Å²) in [6, 6.07) is 12.2. The van der Waals surface area contributed by atoms with E-state index >= 15 is 0 Å². The molecule has 0 spiro atoms. The van der Waals surface area contributed by atoms with Crippen molar-refractivity contribution in [3.8, 4) is 5.75 Å². The standard InChI is InChI=1S/C23H27N3O2S/c1-15-10-16(2)21-20(11-15)29-23(25-21)26-9-5-7-18(14-26)22(27)24-13-17-6-4-8-19(12-17)28-3/h4,6,8,10-12,18H,5,7,9,13-14H2,1-3H3,(H,24,27)/t18-/m1/s1. The molecule has 0 aliphatic carbocycles. The average molecular weight is 410 g/mol. The van der Waals surface area contributed by atoms with Gasteiger partial charge in [0, 0.05) is 19.6 Å². The Hall–Kier alpha value is -2.60. The lowest BCUT2D eigenvalue weighted by Gasteiger charge is -2.31. The monoisotopic (exact) mass is 409 g/mol.